The Labute approximate surface area is 199 Å². The molecule has 2 aromatic heterocycles. The maximum atomic E-state index is 13.3. The van der Waals surface area contributed by atoms with Crippen LogP contribution in [0.15, 0.2) is 18.5 Å². The molecular formula is C22H20Cl2N6O3. The van der Waals surface area contributed by atoms with Gasteiger partial charge in [-0.3, -0.25) is 14.7 Å². The van der Waals surface area contributed by atoms with E-state index in [4.69, 9.17) is 33.2 Å². The van der Waals surface area contributed by atoms with Crippen LogP contribution in [-0.2, 0) is 22.7 Å². The third-order valence-electron chi connectivity index (χ3n) is 6.31. The molecular weight excluding hydrogens is 467 g/mol. The van der Waals surface area contributed by atoms with Crippen LogP contribution >= 0.6 is 23.2 Å². The number of nitriles is 1. The van der Waals surface area contributed by atoms with E-state index in [1.807, 2.05) is 6.07 Å². The zero-order valence-corrected chi connectivity index (χ0v) is 19.3. The number of likely N-dealkylation sites (tertiary alicyclic amines) is 1. The average Bonchev–Trinajstić information content (AvgIpc) is 3.52. The molecule has 1 unspecified atom stereocenters. The first-order valence-corrected chi connectivity index (χ1v) is 11.2. The molecule has 1 fully saturated rings. The summed E-state index contributed by atoms with van der Waals surface area (Å²) in [6.07, 6.45) is 3.69. The Bertz CT molecular complexity index is 1310. The molecule has 1 aromatic carbocycles. The summed E-state index contributed by atoms with van der Waals surface area (Å²) in [5, 5.41) is 17.4. The number of fused-ring (bicyclic) bond motifs is 3. The number of hydrogen-bond acceptors (Lipinski definition) is 5. The molecule has 1 atom stereocenters. The third-order valence-corrected chi connectivity index (χ3v) is 7.09. The molecule has 0 saturated carbocycles. The van der Waals surface area contributed by atoms with Gasteiger partial charge in [-0.05, 0) is 0 Å². The molecule has 1 saturated heterocycles. The number of ether oxygens (including phenoxy) is 1. The smallest absolute Gasteiger partial charge is 0.228 e. The van der Waals surface area contributed by atoms with Crippen molar-refractivity contribution in [3.63, 3.8) is 0 Å². The van der Waals surface area contributed by atoms with Gasteiger partial charge in [-0.15, -0.1) is 0 Å². The van der Waals surface area contributed by atoms with Crippen LogP contribution in [-0.4, -0.2) is 63.1 Å². The van der Waals surface area contributed by atoms with Crippen LogP contribution in [0.1, 0.15) is 12.1 Å². The molecule has 0 spiro atoms. The van der Waals surface area contributed by atoms with E-state index >= 15 is 0 Å². The second-order valence-electron chi connectivity index (χ2n) is 8.24. The zero-order chi connectivity index (χ0) is 23.3. The Hall–Kier alpha value is -3.22. The van der Waals surface area contributed by atoms with E-state index in [-0.39, 0.29) is 30.8 Å². The van der Waals surface area contributed by atoms with Crippen LogP contribution in [0.3, 0.4) is 0 Å². The van der Waals surface area contributed by atoms with Gasteiger partial charge in [0, 0.05) is 62.2 Å². The minimum absolute atomic E-state index is 0.0146. The van der Waals surface area contributed by atoms with Gasteiger partial charge in [0.25, 0.3) is 0 Å². The lowest BCUT2D eigenvalue weighted by Gasteiger charge is -2.31. The number of aromatic nitrogens is 3. The maximum absolute atomic E-state index is 13.3. The number of nitrogens with one attached hydrogen (secondary N) is 1. The molecule has 4 heterocycles. The van der Waals surface area contributed by atoms with E-state index in [1.165, 1.54) is 0 Å². The van der Waals surface area contributed by atoms with Crippen molar-refractivity contribution < 1.29 is 14.3 Å². The summed E-state index contributed by atoms with van der Waals surface area (Å²) in [6, 6.07) is 3.60. The van der Waals surface area contributed by atoms with Crippen molar-refractivity contribution in [2.24, 2.45) is 5.92 Å². The lowest BCUT2D eigenvalue weighted by atomic mass is 10.0. The predicted molar refractivity (Wildman–Crippen MR) is 122 cm³/mol. The van der Waals surface area contributed by atoms with E-state index in [0.29, 0.717) is 47.5 Å². The Morgan fingerprint density at radius 2 is 2.21 bits per heavy atom. The largest absolute Gasteiger partial charge is 0.478 e. The van der Waals surface area contributed by atoms with Crippen molar-refractivity contribution in [1.82, 2.24) is 24.6 Å². The van der Waals surface area contributed by atoms with E-state index in [0.717, 1.165) is 22.2 Å². The molecule has 11 heteroatoms. The fourth-order valence-electron chi connectivity index (χ4n) is 4.79. The Morgan fingerprint density at radius 3 is 2.88 bits per heavy atom. The highest BCUT2D eigenvalue weighted by Crippen LogP contribution is 2.47. The average molecular weight is 487 g/mol. The second kappa shape index (κ2) is 8.28. The van der Waals surface area contributed by atoms with Gasteiger partial charge in [0.1, 0.15) is 11.8 Å². The number of halogens is 2. The van der Waals surface area contributed by atoms with Crippen molar-refractivity contribution in [3.05, 3.63) is 34.2 Å². The second-order valence-corrected chi connectivity index (χ2v) is 9.02. The number of benzene rings is 1. The van der Waals surface area contributed by atoms with E-state index < -0.39 is 0 Å². The fourth-order valence-corrected chi connectivity index (χ4v) is 5.23. The molecule has 2 aliphatic rings. The summed E-state index contributed by atoms with van der Waals surface area (Å²) in [6.45, 7) is 1.61. The van der Waals surface area contributed by atoms with Crippen molar-refractivity contribution in [3.8, 4) is 22.9 Å². The van der Waals surface area contributed by atoms with Gasteiger partial charge in [-0.25, -0.2) is 0 Å². The van der Waals surface area contributed by atoms with Crippen LogP contribution in [0.2, 0.25) is 10.0 Å². The number of H-pyrrole nitrogens is 1. The molecule has 0 radical (unpaired) electrons. The van der Waals surface area contributed by atoms with Gasteiger partial charge in [0.15, 0.2) is 6.61 Å². The molecule has 0 aliphatic carbocycles. The molecule has 2 aliphatic heterocycles. The van der Waals surface area contributed by atoms with Gasteiger partial charge in [-0.2, -0.15) is 10.4 Å². The first-order chi connectivity index (χ1) is 15.9. The number of aromatic amines is 1. The van der Waals surface area contributed by atoms with Crippen LogP contribution in [0, 0.1) is 17.2 Å². The Balaban J connectivity index is 1.65. The van der Waals surface area contributed by atoms with Gasteiger partial charge in [0.2, 0.25) is 11.8 Å². The minimum atomic E-state index is -0.344. The lowest BCUT2D eigenvalue weighted by Crippen LogP contribution is -2.42. The zero-order valence-electron chi connectivity index (χ0n) is 17.8. The van der Waals surface area contributed by atoms with Crippen LogP contribution in [0.25, 0.3) is 22.0 Å². The molecule has 170 valence electrons. The Kier molecular flexibility index (Phi) is 5.43. The highest BCUT2D eigenvalue weighted by molar-refractivity contribution is 6.45. The molecule has 33 heavy (non-hydrogen) atoms. The highest BCUT2D eigenvalue weighted by atomic mass is 35.5. The lowest BCUT2D eigenvalue weighted by molar-refractivity contribution is -0.137. The highest BCUT2D eigenvalue weighted by Gasteiger charge is 2.37. The van der Waals surface area contributed by atoms with E-state index in [9.17, 15) is 9.59 Å². The number of nitrogens with zero attached hydrogens (tertiary/aromatic N) is 5. The number of carbonyl (C=O) groups excluding carboxylic acids is 2. The topological polar surface area (TPSA) is 107 Å². The third kappa shape index (κ3) is 3.50. The summed E-state index contributed by atoms with van der Waals surface area (Å²) >= 11 is 13.1. The van der Waals surface area contributed by atoms with Crippen LogP contribution in [0.5, 0.6) is 5.75 Å². The van der Waals surface area contributed by atoms with Crippen LogP contribution < -0.4 is 4.74 Å². The summed E-state index contributed by atoms with van der Waals surface area (Å²) in [4.78, 5) is 28.6. The van der Waals surface area contributed by atoms with Gasteiger partial charge < -0.3 is 19.1 Å². The van der Waals surface area contributed by atoms with Crippen molar-refractivity contribution in [2.45, 2.75) is 19.5 Å². The Morgan fingerprint density at radius 1 is 1.39 bits per heavy atom. The number of amides is 2. The van der Waals surface area contributed by atoms with Gasteiger partial charge in [0.05, 0.1) is 39.6 Å². The molecule has 0 bridgehead atoms. The first-order valence-electron chi connectivity index (χ1n) is 10.5. The molecule has 2 amide bonds. The number of hydrogen-bond donors (Lipinski definition) is 1. The maximum Gasteiger partial charge on any atom is 0.228 e. The number of rotatable bonds is 4. The fraction of sp³-hybridized carbons (Fsp3) is 0.364. The standard InChI is InChI=1S/C22H20Cl2N6O3/c1-28-10-12(6-17(28)31)22(32)29-3-4-30-15(11-29)18(13-8-26-27-9-13)19-16(33-5-2-25)7-14(23)20(24)21(19)30/h7-9,12H,3-6,10-11H2,1H3,(H,26,27). The van der Waals surface area contributed by atoms with Crippen molar-refractivity contribution in [1.29, 1.82) is 5.26 Å². The summed E-state index contributed by atoms with van der Waals surface area (Å²) in [5.41, 5.74) is 3.20. The summed E-state index contributed by atoms with van der Waals surface area (Å²) < 4.78 is 7.78. The summed E-state index contributed by atoms with van der Waals surface area (Å²) in [5.74, 6) is 0.0509. The predicted octanol–water partition coefficient (Wildman–Crippen LogP) is 3.06. The molecule has 3 aromatic rings. The van der Waals surface area contributed by atoms with Crippen molar-refractivity contribution in [2.75, 3.05) is 26.7 Å². The summed E-state index contributed by atoms with van der Waals surface area (Å²) in [7, 11) is 1.72. The molecule has 1 N–H and O–H groups in total. The van der Waals surface area contributed by atoms with Crippen molar-refractivity contribution >= 4 is 45.9 Å². The van der Waals surface area contributed by atoms with Gasteiger partial charge in [-0.1, -0.05) is 23.2 Å². The SMILES string of the molecule is CN1CC(C(=O)N2CCn3c(c(-c4cn[nH]c4)c4c(OCC#N)cc(Cl)c(Cl)c43)C2)CC1=O. The van der Waals surface area contributed by atoms with E-state index in [1.54, 1.807) is 35.3 Å². The quantitative estimate of drug-likeness (QED) is 0.609. The van der Waals surface area contributed by atoms with E-state index in [2.05, 4.69) is 14.8 Å². The van der Waals surface area contributed by atoms with Crippen LogP contribution in [0.4, 0.5) is 0 Å². The normalized spacial score (nSPS) is 18.0. The molecule has 9 nitrogen and oxygen atoms in total. The number of carbonyl (C=O) groups is 2. The van der Waals surface area contributed by atoms with Gasteiger partial charge >= 0.3 is 0 Å². The molecule has 5 rings (SSSR count). The first kappa shape index (κ1) is 21.6. The monoisotopic (exact) mass is 486 g/mol. The minimum Gasteiger partial charge on any atom is -0.478 e.